The maximum Gasteiger partial charge on any atom is 0.0670 e. The number of nitrogens with one attached hydrogen (secondary N) is 1. The molecule has 14 heavy (non-hydrogen) atoms. The highest BCUT2D eigenvalue weighted by atomic mass is 16.5. The predicted molar refractivity (Wildman–Crippen MR) is 55.3 cm³/mol. The quantitative estimate of drug-likeness (QED) is 0.714. The van der Waals surface area contributed by atoms with Crippen molar-refractivity contribution in [2.75, 3.05) is 19.8 Å². The fourth-order valence-corrected chi connectivity index (χ4v) is 2.64. The molecule has 1 saturated carbocycles. The van der Waals surface area contributed by atoms with Gasteiger partial charge < -0.3 is 15.2 Å². The second kappa shape index (κ2) is 4.60. The number of hydrogen-bond donors (Lipinski definition) is 2. The first-order chi connectivity index (χ1) is 6.85. The third kappa shape index (κ3) is 2.27. The summed E-state index contributed by atoms with van der Waals surface area (Å²) in [5, 5.41) is 13.1. The van der Waals surface area contributed by atoms with Gasteiger partial charge in [0.15, 0.2) is 0 Å². The lowest BCUT2D eigenvalue weighted by molar-refractivity contribution is -0.0125. The van der Waals surface area contributed by atoms with E-state index >= 15 is 0 Å². The van der Waals surface area contributed by atoms with Crippen molar-refractivity contribution in [2.24, 2.45) is 0 Å². The van der Waals surface area contributed by atoms with E-state index in [1.165, 1.54) is 25.7 Å². The molecule has 82 valence electrons. The molecule has 2 N–H and O–H groups in total. The third-order valence-electron chi connectivity index (χ3n) is 3.49. The van der Waals surface area contributed by atoms with Crippen LogP contribution in [0.1, 0.15) is 38.5 Å². The van der Waals surface area contributed by atoms with Gasteiger partial charge in [0.1, 0.15) is 0 Å². The summed E-state index contributed by atoms with van der Waals surface area (Å²) in [5.41, 5.74) is -0.132. The molecule has 0 radical (unpaired) electrons. The zero-order chi connectivity index (χ0) is 9.86. The van der Waals surface area contributed by atoms with Crippen LogP contribution in [0, 0.1) is 0 Å². The molecule has 3 heteroatoms. The summed E-state index contributed by atoms with van der Waals surface area (Å²) in [6, 6.07) is 0.615. The van der Waals surface area contributed by atoms with Crippen molar-refractivity contribution in [1.29, 1.82) is 0 Å². The number of ether oxygens (including phenoxy) is 1. The summed E-state index contributed by atoms with van der Waals surface area (Å²) >= 11 is 0. The Hall–Kier alpha value is -0.120. The van der Waals surface area contributed by atoms with Crippen LogP contribution in [0.5, 0.6) is 0 Å². The SMILES string of the molecule is OCC1(NC2CCCC2)CCCOC1. The van der Waals surface area contributed by atoms with Gasteiger partial charge in [-0.2, -0.15) is 0 Å². The molecule has 3 nitrogen and oxygen atoms in total. The van der Waals surface area contributed by atoms with Gasteiger partial charge in [0, 0.05) is 12.6 Å². The van der Waals surface area contributed by atoms with Crippen LogP contribution in [0.2, 0.25) is 0 Å². The molecule has 0 aromatic carbocycles. The van der Waals surface area contributed by atoms with Crippen LogP contribution >= 0.6 is 0 Å². The molecular formula is C11H21NO2. The van der Waals surface area contributed by atoms with Crippen molar-refractivity contribution in [3.8, 4) is 0 Å². The Morgan fingerprint density at radius 1 is 1.29 bits per heavy atom. The number of aliphatic hydroxyl groups is 1. The molecule has 1 aliphatic carbocycles. The lowest BCUT2D eigenvalue weighted by atomic mass is 9.92. The lowest BCUT2D eigenvalue weighted by Gasteiger charge is -2.38. The molecule has 0 aromatic rings. The Morgan fingerprint density at radius 3 is 2.64 bits per heavy atom. The molecule has 2 fully saturated rings. The van der Waals surface area contributed by atoms with E-state index in [4.69, 9.17) is 4.74 Å². The Bertz CT molecular complexity index is 172. The third-order valence-corrected chi connectivity index (χ3v) is 3.49. The summed E-state index contributed by atoms with van der Waals surface area (Å²) < 4.78 is 5.46. The standard InChI is InChI=1S/C11H21NO2/c13-8-11(6-3-7-14-9-11)12-10-4-1-2-5-10/h10,12-13H,1-9H2. The van der Waals surface area contributed by atoms with E-state index in [-0.39, 0.29) is 12.1 Å². The summed E-state index contributed by atoms with van der Waals surface area (Å²) in [4.78, 5) is 0. The molecule has 1 saturated heterocycles. The molecule has 0 aromatic heterocycles. The molecule has 2 aliphatic rings. The van der Waals surface area contributed by atoms with Crippen LogP contribution in [0.4, 0.5) is 0 Å². The smallest absolute Gasteiger partial charge is 0.0670 e. The van der Waals surface area contributed by atoms with E-state index in [9.17, 15) is 5.11 Å². The average Bonchev–Trinajstić information content (AvgIpc) is 2.72. The Labute approximate surface area is 85.8 Å². The Morgan fingerprint density at radius 2 is 2.07 bits per heavy atom. The fraction of sp³-hybridized carbons (Fsp3) is 1.00. The van der Waals surface area contributed by atoms with Crippen LogP contribution in [-0.2, 0) is 4.74 Å². The van der Waals surface area contributed by atoms with Gasteiger partial charge in [-0.05, 0) is 25.7 Å². The van der Waals surface area contributed by atoms with Gasteiger partial charge in [0.25, 0.3) is 0 Å². The minimum Gasteiger partial charge on any atom is -0.394 e. The largest absolute Gasteiger partial charge is 0.394 e. The molecule has 1 heterocycles. The van der Waals surface area contributed by atoms with Gasteiger partial charge >= 0.3 is 0 Å². The summed E-state index contributed by atoms with van der Waals surface area (Å²) in [6.45, 7) is 1.75. The van der Waals surface area contributed by atoms with Crippen molar-refractivity contribution in [3.63, 3.8) is 0 Å². The molecule has 0 amide bonds. The van der Waals surface area contributed by atoms with Crippen LogP contribution in [0.15, 0.2) is 0 Å². The average molecular weight is 199 g/mol. The van der Waals surface area contributed by atoms with Crippen LogP contribution in [0.3, 0.4) is 0 Å². The van der Waals surface area contributed by atoms with Crippen molar-refractivity contribution in [1.82, 2.24) is 5.32 Å². The van der Waals surface area contributed by atoms with Crippen molar-refractivity contribution in [3.05, 3.63) is 0 Å². The maximum atomic E-state index is 9.46. The van der Waals surface area contributed by atoms with Crippen molar-refractivity contribution < 1.29 is 9.84 Å². The number of hydrogen-bond acceptors (Lipinski definition) is 3. The van der Waals surface area contributed by atoms with Gasteiger partial charge in [-0.1, -0.05) is 12.8 Å². The molecule has 1 unspecified atom stereocenters. The van der Waals surface area contributed by atoms with Gasteiger partial charge in [0.05, 0.1) is 18.8 Å². The topological polar surface area (TPSA) is 41.5 Å². The first kappa shape index (κ1) is 10.4. The van der Waals surface area contributed by atoms with Crippen LogP contribution in [-0.4, -0.2) is 36.5 Å². The Balaban J connectivity index is 1.89. The summed E-state index contributed by atoms with van der Waals surface area (Å²) in [7, 11) is 0. The zero-order valence-electron chi connectivity index (χ0n) is 8.80. The normalized spacial score (nSPS) is 34.9. The molecule has 0 spiro atoms. The van der Waals surface area contributed by atoms with Crippen LogP contribution in [0.25, 0.3) is 0 Å². The highest BCUT2D eigenvalue weighted by Gasteiger charge is 2.34. The lowest BCUT2D eigenvalue weighted by Crippen LogP contribution is -2.57. The van der Waals surface area contributed by atoms with Gasteiger partial charge in [-0.25, -0.2) is 0 Å². The molecule has 2 rings (SSSR count). The minimum absolute atomic E-state index is 0.132. The fourth-order valence-electron chi connectivity index (χ4n) is 2.64. The maximum absolute atomic E-state index is 9.46. The van der Waals surface area contributed by atoms with E-state index in [1.807, 2.05) is 0 Å². The van der Waals surface area contributed by atoms with Crippen molar-refractivity contribution >= 4 is 0 Å². The van der Waals surface area contributed by atoms with E-state index in [0.29, 0.717) is 12.6 Å². The highest BCUT2D eigenvalue weighted by molar-refractivity contribution is 4.93. The monoisotopic (exact) mass is 199 g/mol. The second-order valence-electron chi connectivity index (χ2n) is 4.72. The molecule has 0 bridgehead atoms. The van der Waals surface area contributed by atoms with E-state index < -0.39 is 0 Å². The Kier molecular flexibility index (Phi) is 3.42. The first-order valence-corrected chi connectivity index (χ1v) is 5.81. The van der Waals surface area contributed by atoms with Gasteiger partial charge in [0.2, 0.25) is 0 Å². The van der Waals surface area contributed by atoms with Crippen molar-refractivity contribution in [2.45, 2.75) is 50.1 Å². The summed E-state index contributed by atoms with van der Waals surface area (Å²) in [6.07, 6.45) is 7.32. The van der Waals surface area contributed by atoms with Gasteiger partial charge in [-0.15, -0.1) is 0 Å². The first-order valence-electron chi connectivity index (χ1n) is 5.81. The molecular weight excluding hydrogens is 178 g/mol. The second-order valence-corrected chi connectivity index (χ2v) is 4.72. The minimum atomic E-state index is -0.132. The molecule has 1 atom stereocenters. The van der Waals surface area contributed by atoms with E-state index in [0.717, 1.165) is 19.4 Å². The highest BCUT2D eigenvalue weighted by Crippen LogP contribution is 2.24. The van der Waals surface area contributed by atoms with Gasteiger partial charge in [-0.3, -0.25) is 0 Å². The van der Waals surface area contributed by atoms with E-state index in [1.54, 1.807) is 0 Å². The number of rotatable bonds is 3. The molecule has 1 aliphatic heterocycles. The summed E-state index contributed by atoms with van der Waals surface area (Å²) in [5.74, 6) is 0. The zero-order valence-corrected chi connectivity index (χ0v) is 8.80. The predicted octanol–water partition coefficient (Wildman–Crippen LogP) is 1.06. The number of aliphatic hydroxyl groups excluding tert-OH is 1. The van der Waals surface area contributed by atoms with E-state index in [2.05, 4.69) is 5.32 Å². The van der Waals surface area contributed by atoms with Crippen LogP contribution < -0.4 is 5.32 Å².